The molecule has 1 aromatic heterocycles. The molecule has 1 aliphatic rings. The van der Waals surface area contributed by atoms with Gasteiger partial charge in [0.05, 0.1) is 18.8 Å². The number of nitrogens with one attached hydrogen (secondary N) is 1. The van der Waals surface area contributed by atoms with Gasteiger partial charge in [0, 0.05) is 25.2 Å². The van der Waals surface area contributed by atoms with Gasteiger partial charge >= 0.3 is 0 Å². The monoisotopic (exact) mass is 294 g/mol. The van der Waals surface area contributed by atoms with Gasteiger partial charge in [-0.15, -0.1) is 0 Å². The van der Waals surface area contributed by atoms with Gasteiger partial charge in [0.15, 0.2) is 0 Å². The van der Waals surface area contributed by atoms with Crippen molar-refractivity contribution in [3.8, 4) is 0 Å². The summed E-state index contributed by atoms with van der Waals surface area (Å²) in [6, 6.07) is 2.20. The van der Waals surface area contributed by atoms with Crippen LogP contribution in [0.15, 0.2) is 10.5 Å². The summed E-state index contributed by atoms with van der Waals surface area (Å²) in [5.74, 6) is 2.74. The molecule has 0 spiro atoms. The third-order valence-electron chi connectivity index (χ3n) is 3.82. The number of ether oxygens (including phenoxy) is 1. The summed E-state index contributed by atoms with van der Waals surface area (Å²) >= 11 is 0. The van der Waals surface area contributed by atoms with Crippen LogP contribution in [0.5, 0.6) is 0 Å². The average Bonchev–Trinajstić information content (AvgIpc) is 2.68. The van der Waals surface area contributed by atoms with E-state index in [0.29, 0.717) is 5.92 Å². The van der Waals surface area contributed by atoms with Crippen molar-refractivity contribution < 1.29 is 9.15 Å². The topological polar surface area (TPSA) is 37.6 Å². The first-order valence-corrected chi connectivity index (χ1v) is 8.01. The maximum atomic E-state index is 5.87. The van der Waals surface area contributed by atoms with E-state index in [1.54, 1.807) is 0 Å². The molecule has 0 aliphatic carbocycles. The summed E-state index contributed by atoms with van der Waals surface area (Å²) in [5, 5.41) is 3.43. The summed E-state index contributed by atoms with van der Waals surface area (Å²) < 4.78 is 11.6. The first-order chi connectivity index (χ1) is 9.85. The highest BCUT2D eigenvalue weighted by molar-refractivity contribution is 5.21. The van der Waals surface area contributed by atoms with E-state index in [-0.39, 0.29) is 5.60 Å². The van der Waals surface area contributed by atoms with Gasteiger partial charge in [-0.3, -0.25) is 4.90 Å². The first-order valence-electron chi connectivity index (χ1n) is 8.01. The molecule has 1 N–H and O–H groups in total. The Bertz CT molecular complexity index is 452. The first kappa shape index (κ1) is 16.5. The Labute approximate surface area is 128 Å². The highest BCUT2D eigenvalue weighted by Gasteiger charge is 2.27. The minimum atomic E-state index is -0.0441. The summed E-state index contributed by atoms with van der Waals surface area (Å²) in [5.41, 5.74) is 1.26. The molecule has 1 fully saturated rings. The summed E-state index contributed by atoms with van der Waals surface area (Å²) in [6.07, 6.45) is 0. The van der Waals surface area contributed by atoms with Gasteiger partial charge in [0.2, 0.25) is 0 Å². The van der Waals surface area contributed by atoms with Gasteiger partial charge in [-0.05, 0) is 39.3 Å². The molecular formula is C17H30N2O2. The Morgan fingerprint density at radius 3 is 2.81 bits per heavy atom. The number of hydrogen-bond acceptors (Lipinski definition) is 4. The van der Waals surface area contributed by atoms with E-state index < -0.39 is 0 Å². The molecule has 1 aliphatic heterocycles. The zero-order valence-electron chi connectivity index (χ0n) is 14.2. The van der Waals surface area contributed by atoms with Crippen LogP contribution in [0.3, 0.4) is 0 Å². The van der Waals surface area contributed by atoms with Gasteiger partial charge in [-0.1, -0.05) is 13.8 Å². The van der Waals surface area contributed by atoms with Crippen molar-refractivity contribution in [1.82, 2.24) is 10.2 Å². The molecule has 0 atom stereocenters. The second-order valence-corrected chi connectivity index (χ2v) is 7.14. The number of furan rings is 1. The van der Waals surface area contributed by atoms with Crippen LogP contribution < -0.4 is 5.32 Å². The summed E-state index contributed by atoms with van der Waals surface area (Å²) in [7, 11) is 0. The molecule has 21 heavy (non-hydrogen) atoms. The second-order valence-electron chi connectivity index (χ2n) is 7.14. The molecule has 120 valence electrons. The second kappa shape index (κ2) is 6.95. The van der Waals surface area contributed by atoms with Crippen molar-refractivity contribution in [2.75, 3.05) is 26.2 Å². The van der Waals surface area contributed by atoms with Crippen molar-refractivity contribution >= 4 is 0 Å². The lowest BCUT2D eigenvalue weighted by Crippen LogP contribution is -2.47. The number of rotatable bonds is 6. The van der Waals surface area contributed by atoms with Gasteiger partial charge in [0.25, 0.3) is 0 Å². The quantitative estimate of drug-likeness (QED) is 0.875. The number of morpholine rings is 1. The van der Waals surface area contributed by atoms with Gasteiger partial charge < -0.3 is 14.5 Å². The molecule has 0 saturated carbocycles. The molecule has 4 heteroatoms. The van der Waals surface area contributed by atoms with E-state index in [0.717, 1.165) is 50.9 Å². The average molecular weight is 294 g/mol. The van der Waals surface area contributed by atoms with Crippen molar-refractivity contribution in [3.05, 3.63) is 23.2 Å². The van der Waals surface area contributed by atoms with Crippen LogP contribution in [-0.2, 0) is 17.8 Å². The van der Waals surface area contributed by atoms with Crippen LogP contribution in [0.1, 0.15) is 44.8 Å². The molecular weight excluding hydrogens is 264 g/mol. The minimum Gasteiger partial charge on any atom is -0.465 e. The predicted octanol–water partition coefficient (Wildman–Crippen LogP) is 2.94. The van der Waals surface area contributed by atoms with Crippen LogP contribution in [0, 0.1) is 12.8 Å². The molecule has 2 rings (SSSR count). The zero-order chi connectivity index (χ0) is 15.5. The Balaban J connectivity index is 1.90. The van der Waals surface area contributed by atoms with Crippen molar-refractivity contribution in [2.45, 2.75) is 53.3 Å². The lowest BCUT2D eigenvalue weighted by molar-refractivity contribution is -0.0883. The van der Waals surface area contributed by atoms with E-state index in [1.165, 1.54) is 5.56 Å². The molecule has 2 heterocycles. The molecule has 0 aromatic carbocycles. The maximum absolute atomic E-state index is 5.87. The molecule has 0 bridgehead atoms. The fraction of sp³-hybridized carbons (Fsp3) is 0.765. The fourth-order valence-corrected chi connectivity index (χ4v) is 2.81. The molecule has 1 saturated heterocycles. The van der Waals surface area contributed by atoms with Crippen molar-refractivity contribution in [3.63, 3.8) is 0 Å². The summed E-state index contributed by atoms with van der Waals surface area (Å²) in [6.45, 7) is 16.4. The molecule has 0 unspecified atom stereocenters. The van der Waals surface area contributed by atoms with Crippen LogP contribution in [0.4, 0.5) is 0 Å². The zero-order valence-corrected chi connectivity index (χ0v) is 14.2. The SMILES string of the molecule is Cc1oc(CNCC(C)C)cc1CN1CCOC(C)(C)C1. The van der Waals surface area contributed by atoms with Gasteiger partial charge in [-0.25, -0.2) is 0 Å². The van der Waals surface area contributed by atoms with Crippen LogP contribution in [0.2, 0.25) is 0 Å². The third-order valence-corrected chi connectivity index (χ3v) is 3.82. The van der Waals surface area contributed by atoms with Gasteiger partial charge in [0.1, 0.15) is 11.5 Å². The molecule has 0 amide bonds. The Kier molecular flexibility index (Phi) is 5.47. The van der Waals surface area contributed by atoms with Crippen LogP contribution in [-0.4, -0.2) is 36.7 Å². The molecule has 4 nitrogen and oxygen atoms in total. The number of nitrogens with zero attached hydrogens (tertiary/aromatic N) is 1. The van der Waals surface area contributed by atoms with E-state index in [4.69, 9.17) is 9.15 Å². The number of hydrogen-bond donors (Lipinski definition) is 1. The maximum Gasteiger partial charge on any atom is 0.118 e. The predicted molar refractivity (Wildman–Crippen MR) is 85.3 cm³/mol. The van der Waals surface area contributed by atoms with Crippen molar-refractivity contribution in [2.24, 2.45) is 5.92 Å². The number of aryl methyl sites for hydroxylation is 1. The molecule has 1 aromatic rings. The fourth-order valence-electron chi connectivity index (χ4n) is 2.81. The standard InChI is InChI=1S/C17H30N2O2/c1-13(2)9-18-10-16-8-15(14(3)21-16)11-19-6-7-20-17(4,5)12-19/h8,13,18H,6-7,9-12H2,1-5H3. The summed E-state index contributed by atoms with van der Waals surface area (Å²) in [4.78, 5) is 2.45. The highest BCUT2D eigenvalue weighted by atomic mass is 16.5. The van der Waals surface area contributed by atoms with Crippen LogP contribution in [0.25, 0.3) is 0 Å². The van der Waals surface area contributed by atoms with Crippen molar-refractivity contribution in [1.29, 1.82) is 0 Å². The smallest absolute Gasteiger partial charge is 0.118 e. The Morgan fingerprint density at radius 1 is 1.38 bits per heavy atom. The Hall–Kier alpha value is -0.840. The van der Waals surface area contributed by atoms with Crippen LogP contribution >= 0.6 is 0 Å². The highest BCUT2D eigenvalue weighted by Crippen LogP contribution is 2.21. The lowest BCUT2D eigenvalue weighted by atomic mass is 10.1. The van der Waals surface area contributed by atoms with E-state index in [1.807, 2.05) is 0 Å². The van der Waals surface area contributed by atoms with E-state index >= 15 is 0 Å². The molecule has 0 radical (unpaired) electrons. The minimum absolute atomic E-state index is 0.0441. The lowest BCUT2D eigenvalue weighted by Gasteiger charge is -2.38. The van der Waals surface area contributed by atoms with E-state index in [9.17, 15) is 0 Å². The normalized spacial score (nSPS) is 19.3. The van der Waals surface area contributed by atoms with E-state index in [2.05, 4.69) is 50.9 Å². The third kappa shape index (κ3) is 5.13. The van der Waals surface area contributed by atoms with Gasteiger partial charge in [-0.2, -0.15) is 0 Å². The largest absolute Gasteiger partial charge is 0.465 e. The Morgan fingerprint density at radius 2 is 2.14 bits per heavy atom.